The highest BCUT2D eigenvalue weighted by Crippen LogP contribution is 2.37. The van der Waals surface area contributed by atoms with E-state index in [0.717, 1.165) is 6.07 Å². The van der Waals surface area contributed by atoms with E-state index in [1.54, 1.807) is 4.90 Å². The van der Waals surface area contributed by atoms with Crippen LogP contribution in [0.5, 0.6) is 11.5 Å². The van der Waals surface area contributed by atoms with E-state index in [9.17, 15) is 23.1 Å². The van der Waals surface area contributed by atoms with Gasteiger partial charge in [0.15, 0.2) is 0 Å². The number of amides is 1. The van der Waals surface area contributed by atoms with Crippen LogP contribution in [0, 0.1) is 11.6 Å². The predicted octanol–water partition coefficient (Wildman–Crippen LogP) is 4.26. The summed E-state index contributed by atoms with van der Waals surface area (Å²) in [5, 5.41) is 13.6. The van der Waals surface area contributed by atoms with Gasteiger partial charge in [0.05, 0.1) is 16.4 Å². The van der Waals surface area contributed by atoms with Crippen molar-refractivity contribution >= 4 is 28.9 Å². The summed E-state index contributed by atoms with van der Waals surface area (Å²) in [6.45, 7) is -0.208. The molecule has 1 fully saturated rings. The zero-order valence-electron chi connectivity index (χ0n) is 17.8. The summed E-state index contributed by atoms with van der Waals surface area (Å²) in [5.74, 6) is -0.701. The molecule has 2 N–H and O–H groups in total. The van der Waals surface area contributed by atoms with Crippen molar-refractivity contribution in [1.29, 1.82) is 0 Å². The Bertz CT molecular complexity index is 1040. The van der Waals surface area contributed by atoms with Gasteiger partial charge in [-0.1, -0.05) is 11.6 Å². The zero-order valence-corrected chi connectivity index (χ0v) is 18.6. The van der Waals surface area contributed by atoms with Crippen LogP contribution >= 0.6 is 11.6 Å². The number of rotatable bonds is 7. The molecular formula is C23H24ClF3N2O4. The Balaban J connectivity index is 1.41. The summed E-state index contributed by atoms with van der Waals surface area (Å²) in [6.07, 6.45) is 1.19. The summed E-state index contributed by atoms with van der Waals surface area (Å²) in [6, 6.07) is 5.28. The van der Waals surface area contributed by atoms with Crippen LogP contribution in [0.3, 0.4) is 0 Å². The number of nitrogens with one attached hydrogen (secondary N) is 1. The number of benzene rings is 2. The van der Waals surface area contributed by atoms with Gasteiger partial charge in [-0.25, -0.2) is 13.2 Å². The summed E-state index contributed by atoms with van der Waals surface area (Å²) in [4.78, 5) is 13.3. The average molecular weight is 485 g/mol. The van der Waals surface area contributed by atoms with E-state index in [1.165, 1.54) is 18.2 Å². The third kappa shape index (κ3) is 5.14. The van der Waals surface area contributed by atoms with E-state index in [-0.39, 0.29) is 47.7 Å². The molecule has 0 unspecified atom stereocenters. The van der Waals surface area contributed by atoms with E-state index >= 15 is 0 Å². The highest BCUT2D eigenvalue weighted by Gasteiger charge is 2.35. The van der Waals surface area contributed by atoms with Crippen molar-refractivity contribution in [3.63, 3.8) is 0 Å². The van der Waals surface area contributed by atoms with Crippen LogP contribution in [0.15, 0.2) is 24.3 Å². The quantitative estimate of drug-likeness (QED) is 0.614. The van der Waals surface area contributed by atoms with Crippen molar-refractivity contribution in [2.24, 2.45) is 0 Å². The van der Waals surface area contributed by atoms with Gasteiger partial charge in [0, 0.05) is 31.1 Å². The molecule has 2 aromatic rings. The molecule has 0 bridgehead atoms. The Morgan fingerprint density at radius 1 is 1.09 bits per heavy atom. The first-order valence-electron chi connectivity index (χ1n) is 10.7. The number of anilines is 2. The molecule has 4 rings (SSSR count). The fourth-order valence-corrected chi connectivity index (χ4v) is 4.30. The minimum absolute atomic E-state index is 0.0270. The van der Waals surface area contributed by atoms with Gasteiger partial charge in [0.25, 0.3) is 0 Å². The maximum atomic E-state index is 14.5. The second kappa shape index (κ2) is 9.69. The number of piperidine rings is 1. The summed E-state index contributed by atoms with van der Waals surface area (Å²) < 4.78 is 52.1. The van der Waals surface area contributed by atoms with Crippen LogP contribution in [-0.2, 0) is 11.2 Å². The number of fused-ring (bicyclic) bond motifs is 1. The van der Waals surface area contributed by atoms with Crippen LogP contribution in [0.2, 0.25) is 5.02 Å². The van der Waals surface area contributed by atoms with Crippen molar-refractivity contribution < 1.29 is 32.5 Å². The standard InChI is InChI=1S/C23H24ClF3N2O4/c24-15-11-17(27)18(12-20(15)32-10-7-25)29-8-5-23(31,6-9-29)13-33-19-3-2-16(26)22-14(19)1-4-21(30)28-22/h2-3,11-12,31H,1,4-10,13H2,(H,28,30). The van der Waals surface area contributed by atoms with E-state index in [2.05, 4.69) is 5.32 Å². The summed E-state index contributed by atoms with van der Waals surface area (Å²) >= 11 is 5.98. The molecule has 1 amide bonds. The Kier molecular flexibility index (Phi) is 6.90. The van der Waals surface area contributed by atoms with Crippen LogP contribution in [0.1, 0.15) is 24.8 Å². The van der Waals surface area contributed by atoms with Crippen LogP contribution in [-0.4, -0.2) is 49.6 Å². The number of nitrogens with zero attached hydrogens (tertiary/aromatic N) is 1. The van der Waals surface area contributed by atoms with Crippen LogP contribution < -0.4 is 19.7 Å². The maximum absolute atomic E-state index is 14.5. The topological polar surface area (TPSA) is 71.0 Å². The van der Waals surface area contributed by atoms with E-state index in [1.807, 2.05) is 0 Å². The first kappa shape index (κ1) is 23.5. The number of carbonyl (C=O) groups excluding carboxylic acids is 1. The third-order valence-corrected chi connectivity index (χ3v) is 6.25. The predicted molar refractivity (Wildman–Crippen MR) is 118 cm³/mol. The highest BCUT2D eigenvalue weighted by atomic mass is 35.5. The molecule has 2 heterocycles. The number of hydrogen-bond acceptors (Lipinski definition) is 5. The molecular weight excluding hydrogens is 461 g/mol. The number of carbonyl (C=O) groups is 1. The third-order valence-electron chi connectivity index (χ3n) is 5.95. The smallest absolute Gasteiger partial charge is 0.224 e. The second-order valence-electron chi connectivity index (χ2n) is 8.22. The van der Waals surface area contributed by atoms with Gasteiger partial charge in [0.1, 0.15) is 48.6 Å². The van der Waals surface area contributed by atoms with Gasteiger partial charge < -0.3 is 24.8 Å². The van der Waals surface area contributed by atoms with Gasteiger partial charge in [-0.3, -0.25) is 4.79 Å². The molecule has 33 heavy (non-hydrogen) atoms. The average Bonchev–Trinajstić information content (AvgIpc) is 2.79. The van der Waals surface area contributed by atoms with Gasteiger partial charge in [-0.05, 0) is 37.5 Å². The molecule has 10 heteroatoms. The minimum Gasteiger partial charge on any atom is -0.490 e. The minimum atomic E-state index is -1.16. The van der Waals surface area contributed by atoms with Crippen molar-refractivity contribution in [2.75, 3.05) is 43.2 Å². The van der Waals surface area contributed by atoms with Gasteiger partial charge in [-0.2, -0.15) is 0 Å². The molecule has 178 valence electrons. The molecule has 0 aliphatic carbocycles. The molecule has 0 atom stereocenters. The molecule has 1 saturated heterocycles. The lowest BCUT2D eigenvalue weighted by molar-refractivity contribution is -0.116. The molecule has 6 nitrogen and oxygen atoms in total. The number of halogens is 4. The lowest BCUT2D eigenvalue weighted by atomic mass is 9.92. The molecule has 0 saturated carbocycles. The van der Waals surface area contributed by atoms with Gasteiger partial charge in [0.2, 0.25) is 5.91 Å². The molecule has 2 aliphatic rings. The fourth-order valence-electron chi connectivity index (χ4n) is 4.10. The monoisotopic (exact) mass is 484 g/mol. The lowest BCUT2D eigenvalue weighted by Gasteiger charge is -2.39. The normalized spacial score (nSPS) is 17.4. The number of aliphatic hydroxyl groups is 1. The fraction of sp³-hybridized carbons (Fsp3) is 0.435. The van der Waals surface area contributed by atoms with E-state index < -0.39 is 23.9 Å². The molecule has 2 aromatic carbocycles. The Hall–Kier alpha value is -2.65. The SMILES string of the molecule is O=C1CCc2c(OCC3(O)CCN(c4cc(OCCF)c(Cl)cc4F)CC3)ccc(F)c2N1. The first-order chi connectivity index (χ1) is 15.8. The molecule has 2 aliphatic heterocycles. The Morgan fingerprint density at radius 3 is 2.58 bits per heavy atom. The maximum Gasteiger partial charge on any atom is 0.224 e. The van der Waals surface area contributed by atoms with E-state index in [0.29, 0.717) is 43.7 Å². The molecule has 0 aromatic heterocycles. The number of ether oxygens (including phenoxy) is 2. The van der Waals surface area contributed by atoms with Crippen molar-refractivity contribution in [3.05, 3.63) is 46.5 Å². The van der Waals surface area contributed by atoms with Crippen molar-refractivity contribution in [1.82, 2.24) is 0 Å². The summed E-state index contributed by atoms with van der Waals surface area (Å²) in [7, 11) is 0. The molecule has 0 spiro atoms. The van der Waals surface area contributed by atoms with Gasteiger partial charge >= 0.3 is 0 Å². The highest BCUT2D eigenvalue weighted by molar-refractivity contribution is 6.32. The second-order valence-corrected chi connectivity index (χ2v) is 8.63. The first-order valence-corrected chi connectivity index (χ1v) is 11.1. The van der Waals surface area contributed by atoms with Crippen LogP contribution in [0.25, 0.3) is 0 Å². The summed E-state index contributed by atoms with van der Waals surface area (Å²) in [5.41, 5.74) is -0.208. The molecule has 0 radical (unpaired) electrons. The largest absolute Gasteiger partial charge is 0.490 e. The van der Waals surface area contributed by atoms with Crippen molar-refractivity contribution in [3.8, 4) is 11.5 Å². The Morgan fingerprint density at radius 2 is 1.85 bits per heavy atom. The van der Waals surface area contributed by atoms with Crippen LogP contribution in [0.4, 0.5) is 24.5 Å². The van der Waals surface area contributed by atoms with Gasteiger partial charge in [-0.15, -0.1) is 0 Å². The number of hydrogen-bond donors (Lipinski definition) is 2. The van der Waals surface area contributed by atoms with E-state index in [4.69, 9.17) is 21.1 Å². The number of alkyl halides is 1. The Labute approximate surface area is 194 Å². The lowest BCUT2D eigenvalue weighted by Crippen LogP contribution is -2.48. The zero-order chi connectivity index (χ0) is 23.6. The van der Waals surface area contributed by atoms with Crippen molar-refractivity contribution in [2.45, 2.75) is 31.3 Å².